The van der Waals surface area contributed by atoms with Gasteiger partial charge in [0.05, 0.1) is 17.5 Å². The zero-order chi connectivity index (χ0) is 14.3. The second-order valence-electron chi connectivity index (χ2n) is 4.21. The van der Waals surface area contributed by atoms with Crippen LogP contribution in [0.25, 0.3) is 21.0 Å². The van der Waals surface area contributed by atoms with E-state index in [-0.39, 0.29) is 0 Å². The van der Waals surface area contributed by atoms with Crippen molar-refractivity contribution in [2.24, 2.45) is 0 Å². The number of hydrogen-bond acceptors (Lipinski definition) is 5. The first-order chi connectivity index (χ1) is 9.63. The first-order valence-corrected chi connectivity index (χ1v) is 7.46. The molecule has 0 spiro atoms. The minimum atomic E-state index is -1.28. The van der Waals surface area contributed by atoms with E-state index in [9.17, 15) is 9.90 Å². The number of ether oxygens (including phenoxy) is 1. The Hall–Kier alpha value is -1.50. The molecule has 1 atom stereocenters. The average Bonchev–Trinajstić information content (AvgIpc) is 2.83. The van der Waals surface area contributed by atoms with E-state index in [1.807, 2.05) is 24.3 Å². The minimum Gasteiger partial charge on any atom is -0.467 e. The zero-order valence-electron chi connectivity index (χ0n) is 10.5. The van der Waals surface area contributed by atoms with Crippen LogP contribution in [0.2, 0.25) is 0 Å². The maximum atomic E-state index is 11.5. The summed E-state index contributed by atoms with van der Waals surface area (Å²) in [5.74, 6) is -0.667. The maximum absolute atomic E-state index is 11.5. The molecule has 0 aliphatic rings. The summed E-state index contributed by atoms with van der Waals surface area (Å²) < 4.78 is 6.29. The van der Waals surface area contributed by atoms with Crippen LogP contribution in [0.15, 0.2) is 34.9 Å². The fraction of sp³-hybridized carbons (Fsp3) is 0.143. The molecule has 2 heterocycles. The highest BCUT2D eigenvalue weighted by Gasteiger charge is 2.25. The Labute approximate surface area is 127 Å². The Morgan fingerprint density at radius 3 is 3.00 bits per heavy atom. The Kier molecular flexibility index (Phi) is 3.45. The number of carbonyl (C=O) groups excluding carboxylic acids is 1. The van der Waals surface area contributed by atoms with Crippen molar-refractivity contribution in [2.45, 2.75) is 6.10 Å². The highest BCUT2D eigenvalue weighted by atomic mass is 79.9. The number of carbonyl (C=O) groups is 1. The van der Waals surface area contributed by atoms with Crippen LogP contribution in [-0.2, 0) is 9.53 Å². The summed E-state index contributed by atoms with van der Waals surface area (Å²) in [6.45, 7) is 0. The van der Waals surface area contributed by atoms with E-state index in [0.717, 1.165) is 21.0 Å². The summed E-state index contributed by atoms with van der Waals surface area (Å²) in [5, 5.41) is 12.0. The molecular formula is C14H10BrNO3S. The molecule has 20 heavy (non-hydrogen) atoms. The van der Waals surface area contributed by atoms with Gasteiger partial charge in [-0.3, -0.25) is 4.98 Å². The molecule has 0 amide bonds. The van der Waals surface area contributed by atoms with Crippen LogP contribution < -0.4 is 0 Å². The summed E-state index contributed by atoms with van der Waals surface area (Å²) in [4.78, 5) is 16.4. The van der Waals surface area contributed by atoms with E-state index in [2.05, 4.69) is 25.7 Å². The van der Waals surface area contributed by atoms with Crippen molar-refractivity contribution in [3.63, 3.8) is 0 Å². The highest BCUT2D eigenvalue weighted by molar-refractivity contribution is 9.10. The van der Waals surface area contributed by atoms with Gasteiger partial charge < -0.3 is 9.84 Å². The molecule has 0 saturated heterocycles. The molecular weight excluding hydrogens is 342 g/mol. The van der Waals surface area contributed by atoms with Crippen LogP contribution in [0.3, 0.4) is 0 Å². The van der Waals surface area contributed by atoms with Gasteiger partial charge in [-0.05, 0) is 34.1 Å². The third kappa shape index (κ3) is 2.00. The van der Waals surface area contributed by atoms with Gasteiger partial charge in [0.2, 0.25) is 0 Å². The van der Waals surface area contributed by atoms with Gasteiger partial charge in [0, 0.05) is 26.1 Å². The Morgan fingerprint density at radius 2 is 2.25 bits per heavy atom. The van der Waals surface area contributed by atoms with Crippen molar-refractivity contribution in [1.82, 2.24) is 4.98 Å². The third-order valence-corrected chi connectivity index (χ3v) is 5.37. The van der Waals surface area contributed by atoms with Crippen molar-refractivity contribution >= 4 is 54.2 Å². The van der Waals surface area contributed by atoms with E-state index in [1.165, 1.54) is 18.4 Å². The number of halogens is 1. The SMILES string of the molecule is COC(=O)C(O)c1sc2ccc3ncccc3c2c1Br. The van der Waals surface area contributed by atoms with Gasteiger partial charge in [0.25, 0.3) is 0 Å². The summed E-state index contributed by atoms with van der Waals surface area (Å²) in [6.07, 6.45) is 0.456. The first kappa shape index (κ1) is 13.5. The molecule has 2 aromatic heterocycles. The topological polar surface area (TPSA) is 59.4 Å². The highest BCUT2D eigenvalue weighted by Crippen LogP contribution is 2.42. The number of esters is 1. The second-order valence-corrected chi connectivity index (χ2v) is 6.09. The lowest BCUT2D eigenvalue weighted by Gasteiger charge is -2.06. The zero-order valence-corrected chi connectivity index (χ0v) is 12.9. The van der Waals surface area contributed by atoms with E-state index in [1.54, 1.807) is 6.20 Å². The molecule has 0 saturated carbocycles. The largest absolute Gasteiger partial charge is 0.467 e. The summed E-state index contributed by atoms with van der Waals surface area (Å²) in [5.41, 5.74) is 0.873. The van der Waals surface area contributed by atoms with E-state index in [0.29, 0.717) is 9.35 Å². The normalized spacial score (nSPS) is 12.8. The molecule has 0 aliphatic heterocycles. The van der Waals surface area contributed by atoms with Gasteiger partial charge in [-0.1, -0.05) is 6.07 Å². The molecule has 3 rings (SSSR count). The molecule has 1 aromatic carbocycles. The van der Waals surface area contributed by atoms with Crippen molar-refractivity contribution in [1.29, 1.82) is 0 Å². The number of methoxy groups -OCH3 is 1. The van der Waals surface area contributed by atoms with Crippen LogP contribution in [0.1, 0.15) is 11.0 Å². The van der Waals surface area contributed by atoms with E-state index >= 15 is 0 Å². The van der Waals surface area contributed by atoms with Gasteiger partial charge in [-0.2, -0.15) is 0 Å². The fourth-order valence-electron chi connectivity index (χ4n) is 2.12. The Balaban J connectivity index is 2.30. The number of benzene rings is 1. The summed E-state index contributed by atoms with van der Waals surface area (Å²) >= 11 is 4.85. The van der Waals surface area contributed by atoms with Crippen molar-refractivity contribution in [3.05, 3.63) is 39.8 Å². The lowest BCUT2D eigenvalue weighted by molar-refractivity contribution is -0.150. The molecule has 1 N–H and O–H groups in total. The fourth-order valence-corrected chi connectivity index (χ4v) is 4.23. The standard InChI is InChI=1S/C14H10BrNO3S/c1-19-14(18)12(17)13-11(15)10-7-3-2-6-16-8(7)4-5-9(10)20-13/h2-6,12,17H,1H3. The Morgan fingerprint density at radius 1 is 1.45 bits per heavy atom. The van der Waals surface area contributed by atoms with Crippen molar-refractivity contribution in [3.8, 4) is 0 Å². The van der Waals surface area contributed by atoms with Gasteiger partial charge in [0.1, 0.15) is 0 Å². The second kappa shape index (κ2) is 5.12. The molecule has 0 radical (unpaired) electrons. The molecule has 0 aliphatic carbocycles. The molecule has 3 aromatic rings. The number of aliphatic hydroxyl groups excluding tert-OH is 1. The monoisotopic (exact) mass is 351 g/mol. The average molecular weight is 352 g/mol. The summed E-state index contributed by atoms with van der Waals surface area (Å²) in [7, 11) is 1.26. The molecule has 4 nitrogen and oxygen atoms in total. The predicted octanol–water partition coefficient (Wildman–Crippen LogP) is 3.42. The van der Waals surface area contributed by atoms with Crippen molar-refractivity contribution < 1.29 is 14.6 Å². The Bertz CT molecular complexity index is 815. The van der Waals surface area contributed by atoms with Crippen LogP contribution in [-0.4, -0.2) is 23.2 Å². The lowest BCUT2D eigenvalue weighted by Crippen LogP contribution is -2.12. The molecule has 6 heteroatoms. The quantitative estimate of drug-likeness (QED) is 0.718. The number of thiophene rings is 1. The number of pyridine rings is 1. The molecule has 0 bridgehead atoms. The number of rotatable bonds is 2. The van der Waals surface area contributed by atoms with Crippen molar-refractivity contribution in [2.75, 3.05) is 7.11 Å². The number of aromatic nitrogens is 1. The third-order valence-electron chi connectivity index (χ3n) is 3.08. The van der Waals surface area contributed by atoms with Crippen LogP contribution in [0, 0.1) is 0 Å². The summed E-state index contributed by atoms with van der Waals surface area (Å²) in [6, 6.07) is 7.70. The lowest BCUT2D eigenvalue weighted by atomic mass is 10.1. The number of aliphatic hydroxyl groups is 1. The first-order valence-electron chi connectivity index (χ1n) is 5.85. The van der Waals surface area contributed by atoms with E-state index in [4.69, 9.17) is 0 Å². The molecule has 102 valence electrons. The van der Waals surface area contributed by atoms with Gasteiger partial charge >= 0.3 is 5.97 Å². The molecule has 1 unspecified atom stereocenters. The van der Waals surface area contributed by atoms with Gasteiger partial charge in [-0.15, -0.1) is 11.3 Å². The maximum Gasteiger partial charge on any atom is 0.340 e. The van der Waals surface area contributed by atoms with Crippen LogP contribution in [0.5, 0.6) is 0 Å². The van der Waals surface area contributed by atoms with Crippen LogP contribution in [0.4, 0.5) is 0 Å². The number of nitrogens with zero attached hydrogens (tertiary/aromatic N) is 1. The van der Waals surface area contributed by atoms with E-state index < -0.39 is 12.1 Å². The predicted molar refractivity (Wildman–Crippen MR) is 81.8 cm³/mol. The van der Waals surface area contributed by atoms with Crippen LogP contribution >= 0.6 is 27.3 Å². The molecule has 0 fully saturated rings. The van der Waals surface area contributed by atoms with Gasteiger partial charge in [-0.25, -0.2) is 4.79 Å². The number of hydrogen-bond donors (Lipinski definition) is 1. The number of fused-ring (bicyclic) bond motifs is 3. The smallest absolute Gasteiger partial charge is 0.340 e. The minimum absolute atomic E-state index is 0.545. The van der Waals surface area contributed by atoms with Gasteiger partial charge in [0.15, 0.2) is 6.10 Å².